The van der Waals surface area contributed by atoms with Crippen LogP contribution < -0.4 is 4.90 Å². The average Bonchev–Trinajstić information content (AvgIpc) is 2.66. The topological polar surface area (TPSA) is 74.7 Å². The van der Waals surface area contributed by atoms with Crippen molar-refractivity contribution in [2.24, 2.45) is 0 Å². The number of aryl methyl sites for hydroxylation is 2. The van der Waals surface area contributed by atoms with Crippen LogP contribution >= 0.6 is 0 Å². The molecule has 0 heterocycles. The van der Waals surface area contributed by atoms with Gasteiger partial charge >= 0.3 is 5.97 Å². The number of nitrogens with zero attached hydrogens (tertiary/aromatic N) is 1. The molecule has 0 saturated heterocycles. The van der Waals surface area contributed by atoms with Gasteiger partial charge in [-0.3, -0.25) is 4.79 Å². The Hall–Kier alpha value is -3.12. The van der Waals surface area contributed by atoms with E-state index in [1.165, 1.54) is 23.3 Å². The van der Waals surface area contributed by atoms with Gasteiger partial charge in [0.15, 0.2) is 15.6 Å². The van der Waals surface area contributed by atoms with Gasteiger partial charge in [-0.25, -0.2) is 8.42 Å². The number of carbonyl (C=O) groups is 1. The zero-order chi connectivity index (χ0) is 21.2. The zero-order valence-corrected chi connectivity index (χ0v) is 17.4. The summed E-state index contributed by atoms with van der Waals surface area (Å²) in [5, 5.41) is 8.77. The summed E-state index contributed by atoms with van der Waals surface area (Å²) >= 11 is 0. The summed E-state index contributed by atoms with van der Waals surface area (Å²) in [4.78, 5) is 12.7. The molecule has 0 amide bonds. The minimum absolute atomic E-state index is 0.000960. The molecule has 29 heavy (non-hydrogen) atoms. The van der Waals surface area contributed by atoms with Gasteiger partial charge < -0.3 is 10.0 Å². The Kier molecular flexibility index (Phi) is 5.75. The van der Waals surface area contributed by atoms with Gasteiger partial charge in [-0.05, 0) is 61.4 Å². The normalized spacial score (nSPS) is 11.3. The number of benzene rings is 3. The van der Waals surface area contributed by atoms with Gasteiger partial charge in [0.25, 0.3) is 0 Å². The van der Waals surface area contributed by atoms with Crippen LogP contribution in [0.1, 0.15) is 11.1 Å². The van der Waals surface area contributed by atoms with Gasteiger partial charge in [-0.1, -0.05) is 41.5 Å². The maximum Gasteiger partial charge on any atom is 0.319 e. The number of aliphatic carboxylic acids is 1. The number of anilines is 2. The zero-order valence-electron chi connectivity index (χ0n) is 16.6. The number of carboxylic acids is 1. The molecule has 0 bridgehead atoms. The first-order valence-corrected chi connectivity index (χ1v) is 10.8. The highest BCUT2D eigenvalue weighted by atomic mass is 32.2. The maximum atomic E-state index is 12.1. The SMILES string of the molecule is Cc1cc(C)cc(-c2cccc(N(C)c3ccc(S(=O)(=O)CC(=O)O)cc3)c2)c1. The highest BCUT2D eigenvalue weighted by Gasteiger charge is 2.19. The molecule has 0 unspecified atom stereocenters. The fourth-order valence-electron chi connectivity index (χ4n) is 3.31. The predicted octanol–water partition coefficient (Wildman–Crippen LogP) is 4.60. The number of carboxylic acid groups (broad SMARTS) is 1. The fraction of sp³-hybridized carbons (Fsp3) is 0.174. The maximum absolute atomic E-state index is 12.1. The van der Waals surface area contributed by atoms with Gasteiger partial charge in [-0.15, -0.1) is 0 Å². The molecule has 3 aromatic rings. The van der Waals surface area contributed by atoms with E-state index in [9.17, 15) is 13.2 Å². The third-order valence-electron chi connectivity index (χ3n) is 4.69. The van der Waals surface area contributed by atoms with E-state index in [-0.39, 0.29) is 4.90 Å². The van der Waals surface area contributed by atoms with E-state index >= 15 is 0 Å². The Morgan fingerprint density at radius 1 is 0.862 bits per heavy atom. The first-order valence-electron chi connectivity index (χ1n) is 9.13. The molecule has 0 atom stereocenters. The Labute approximate surface area is 171 Å². The van der Waals surface area contributed by atoms with Crippen molar-refractivity contribution in [1.82, 2.24) is 0 Å². The summed E-state index contributed by atoms with van der Waals surface area (Å²) in [5.41, 5.74) is 6.42. The van der Waals surface area contributed by atoms with Crippen LogP contribution in [0.15, 0.2) is 71.6 Å². The lowest BCUT2D eigenvalue weighted by molar-refractivity contribution is -0.134. The molecule has 1 N–H and O–H groups in total. The molecule has 0 fully saturated rings. The molecule has 0 aliphatic rings. The number of rotatable bonds is 6. The van der Waals surface area contributed by atoms with Gasteiger partial charge in [-0.2, -0.15) is 0 Å². The standard InChI is InChI=1S/C23H23NO4S/c1-16-11-17(2)13-19(12-16)18-5-4-6-21(14-18)24(3)20-7-9-22(10-8-20)29(27,28)15-23(25)26/h4-14H,15H2,1-3H3,(H,25,26). The van der Waals surface area contributed by atoms with Crippen molar-refractivity contribution in [3.63, 3.8) is 0 Å². The van der Waals surface area contributed by atoms with Crippen LogP contribution in [0.4, 0.5) is 11.4 Å². The van der Waals surface area contributed by atoms with E-state index in [1.54, 1.807) is 12.1 Å². The van der Waals surface area contributed by atoms with Crippen molar-refractivity contribution in [2.75, 3.05) is 17.7 Å². The van der Waals surface area contributed by atoms with Crippen LogP contribution in [0.3, 0.4) is 0 Å². The lowest BCUT2D eigenvalue weighted by atomic mass is 10.0. The predicted molar refractivity (Wildman–Crippen MR) is 116 cm³/mol. The Morgan fingerprint density at radius 2 is 1.48 bits per heavy atom. The van der Waals surface area contributed by atoms with Gasteiger partial charge in [0, 0.05) is 18.4 Å². The molecular weight excluding hydrogens is 386 g/mol. The van der Waals surface area contributed by atoms with E-state index in [0.29, 0.717) is 0 Å². The van der Waals surface area contributed by atoms with Gasteiger partial charge in [0.2, 0.25) is 0 Å². The third-order valence-corrected chi connectivity index (χ3v) is 6.30. The van der Waals surface area contributed by atoms with Crippen LogP contribution in [-0.2, 0) is 14.6 Å². The summed E-state index contributed by atoms with van der Waals surface area (Å²) in [6.45, 7) is 4.15. The van der Waals surface area contributed by atoms with Crippen molar-refractivity contribution in [1.29, 1.82) is 0 Å². The molecule has 3 aromatic carbocycles. The average molecular weight is 410 g/mol. The lowest BCUT2D eigenvalue weighted by Gasteiger charge is -2.21. The summed E-state index contributed by atoms with van der Waals surface area (Å²) in [6, 6.07) is 20.8. The molecule has 6 heteroatoms. The van der Waals surface area contributed by atoms with E-state index in [4.69, 9.17) is 5.11 Å². The summed E-state index contributed by atoms with van der Waals surface area (Å²) in [7, 11) is -1.93. The third kappa shape index (κ3) is 4.84. The van der Waals surface area contributed by atoms with E-state index < -0.39 is 21.6 Å². The Balaban J connectivity index is 1.89. The summed E-state index contributed by atoms with van der Waals surface area (Å²) in [6.07, 6.45) is 0. The Bertz CT molecular complexity index is 1130. The first kappa shape index (κ1) is 20.6. The van der Waals surface area contributed by atoms with Crippen LogP contribution in [0.5, 0.6) is 0 Å². The first-order chi connectivity index (χ1) is 13.7. The molecule has 0 aromatic heterocycles. The van der Waals surface area contributed by atoms with Crippen molar-refractivity contribution >= 4 is 27.2 Å². The van der Waals surface area contributed by atoms with E-state index in [2.05, 4.69) is 44.2 Å². The monoisotopic (exact) mass is 409 g/mol. The second-order valence-electron chi connectivity index (χ2n) is 7.13. The number of sulfone groups is 1. The smallest absolute Gasteiger partial charge is 0.319 e. The molecule has 5 nitrogen and oxygen atoms in total. The van der Waals surface area contributed by atoms with Crippen LogP contribution in [-0.4, -0.2) is 32.3 Å². The van der Waals surface area contributed by atoms with Gasteiger partial charge in [0.1, 0.15) is 0 Å². The van der Waals surface area contributed by atoms with Crippen LogP contribution in [0.2, 0.25) is 0 Å². The summed E-state index contributed by atoms with van der Waals surface area (Å²) in [5.74, 6) is -2.28. The molecule has 0 aliphatic carbocycles. The van der Waals surface area contributed by atoms with Crippen molar-refractivity contribution in [3.05, 3.63) is 77.9 Å². The minimum atomic E-state index is -3.84. The molecule has 0 saturated carbocycles. The number of hydrogen-bond acceptors (Lipinski definition) is 4. The highest BCUT2D eigenvalue weighted by Crippen LogP contribution is 2.30. The largest absolute Gasteiger partial charge is 0.480 e. The second-order valence-corrected chi connectivity index (χ2v) is 9.12. The van der Waals surface area contributed by atoms with Crippen LogP contribution in [0.25, 0.3) is 11.1 Å². The van der Waals surface area contributed by atoms with Crippen LogP contribution in [0, 0.1) is 13.8 Å². The quantitative estimate of drug-likeness (QED) is 0.644. The fourth-order valence-corrected chi connectivity index (χ4v) is 4.35. The second kappa shape index (κ2) is 8.09. The van der Waals surface area contributed by atoms with E-state index in [0.717, 1.165) is 22.5 Å². The summed E-state index contributed by atoms with van der Waals surface area (Å²) < 4.78 is 24.1. The molecule has 0 aliphatic heterocycles. The molecular formula is C23H23NO4S. The molecule has 0 radical (unpaired) electrons. The highest BCUT2D eigenvalue weighted by molar-refractivity contribution is 7.92. The molecule has 0 spiro atoms. The van der Waals surface area contributed by atoms with Crippen molar-refractivity contribution in [2.45, 2.75) is 18.7 Å². The Morgan fingerprint density at radius 3 is 2.07 bits per heavy atom. The van der Waals surface area contributed by atoms with Crippen molar-refractivity contribution in [3.8, 4) is 11.1 Å². The van der Waals surface area contributed by atoms with E-state index in [1.807, 2.05) is 24.1 Å². The number of hydrogen-bond donors (Lipinski definition) is 1. The molecule has 3 rings (SSSR count). The van der Waals surface area contributed by atoms with Gasteiger partial charge in [0.05, 0.1) is 4.90 Å². The molecule has 150 valence electrons. The lowest BCUT2D eigenvalue weighted by Crippen LogP contribution is -2.15. The minimum Gasteiger partial charge on any atom is -0.480 e. The van der Waals surface area contributed by atoms with Crippen molar-refractivity contribution < 1.29 is 18.3 Å².